The molecular formula is C32H45N7O3. The number of carbonyl (C=O) groups is 2. The lowest BCUT2D eigenvalue weighted by Gasteiger charge is -2.24. The van der Waals surface area contributed by atoms with Gasteiger partial charge in [-0.3, -0.25) is 19.2 Å². The van der Waals surface area contributed by atoms with Crippen LogP contribution in [0.15, 0.2) is 36.5 Å². The van der Waals surface area contributed by atoms with E-state index in [9.17, 15) is 9.59 Å². The molecule has 2 aliphatic rings. The van der Waals surface area contributed by atoms with Gasteiger partial charge in [0, 0.05) is 82.2 Å². The summed E-state index contributed by atoms with van der Waals surface area (Å²) in [6.07, 6.45) is 6.37. The highest BCUT2D eigenvalue weighted by atomic mass is 16.5. The first-order valence-electron chi connectivity index (χ1n) is 15.4. The lowest BCUT2D eigenvalue weighted by atomic mass is 9.88. The zero-order valence-corrected chi connectivity index (χ0v) is 25.3. The number of nitrogens with zero attached hydrogens (tertiary/aromatic N) is 5. The number of ether oxygens (including phenoxy) is 1. The normalized spacial score (nSPS) is 20.1. The van der Waals surface area contributed by atoms with Crippen LogP contribution in [0.1, 0.15) is 67.0 Å². The number of imidazole rings is 1. The molecule has 1 fully saturated rings. The zero-order chi connectivity index (χ0) is 29.5. The van der Waals surface area contributed by atoms with Crippen LogP contribution >= 0.6 is 0 Å². The number of nitrogens with one attached hydrogen (secondary N) is 2. The van der Waals surface area contributed by atoms with Crippen molar-refractivity contribution in [3.63, 3.8) is 0 Å². The number of aryl methyl sites for hydroxylation is 4. The molecule has 5 rings (SSSR count). The van der Waals surface area contributed by atoms with Gasteiger partial charge in [0.05, 0.1) is 11.6 Å². The van der Waals surface area contributed by atoms with Gasteiger partial charge in [0.15, 0.2) is 0 Å². The van der Waals surface area contributed by atoms with Crippen molar-refractivity contribution < 1.29 is 14.3 Å². The summed E-state index contributed by atoms with van der Waals surface area (Å²) in [5.41, 5.74) is 4.13. The molecule has 2 amide bonds. The average molecular weight is 576 g/mol. The van der Waals surface area contributed by atoms with E-state index >= 15 is 0 Å². The van der Waals surface area contributed by atoms with Crippen LogP contribution in [0.5, 0.6) is 5.75 Å². The van der Waals surface area contributed by atoms with Gasteiger partial charge in [0.2, 0.25) is 11.8 Å². The Kier molecular flexibility index (Phi) is 9.94. The average Bonchev–Trinajstić information content (AvgIpc) is 3.70. The number of rotatable bonds is 8. The summed E-state index contributed by atoms with van der Waals surface area (Å²) >= 11 is 0. The van der Waals surface area contributed by atoms with E-state index in [1.165, 1.54) is 0 Å². The van der Waals surface area contributed by atoms with Crippen molar-refractivity contribution in [2.24, 2.45) is 5.92 Å². The maximum absolute atomic E-state index is 13.5. The van der Waals surface area contributed by atoms with Crippen LogP contribution in [0, 0.1) is 19.8 Å². The number of amides is 2. The van der Waals surface area contributed by atoms with E-state index in [-0.39, 0.29) is 23.7 Å². The summed E-state index contributed by atoms with van der Waals surface area (Å²) in [5.74, 6) is 1.52. The SMILES string of the molecule is CCCCc1ncc(CN2CCCNC(=O)[C@H]3CN(C(=O)CCn4nc(C)cc4C)C[C@@H]3c3cccc(c3)OCC2)[nH]1. The number of aromatic amines is 1. The largest absolute Gasteiger partial charge is 0.492 e. The summed E-state index contributed by atoms with van der Waals surface area (Å²) in [6.45, 7) is 11.2. The van der Waals surface area contributed by atoms with Gasteiger partial charge in [-0.1, -0.05) is 25.5 Å². The maximum atomic E-state index is 13.5. The predicted molar refractivity (Wildman–Crippen MR) is 161 cm³/mol. The third-order valence-corrected chi connectivity index (χ3v) is 8.41. The molecule has 1 aromatic carbocycles. The molecule has 4 heterocycles. The van der Waals surface area contributed by atoms with Crippen LogP contribution in [0.3, 0.4) is 0 Å². The topological polar surface area (TPSA) is 108 Å². The number of aromatic nitrogens is 4. The Labute approximate surface area is 248 Å². The summed E-state index contributed by atoms with van der Waals surface area (Å²) in [4.78, 5) is 39.0. The van der Waals surface area contributed by atoms with Crippen LogP contribution in [0.2, 0.25) is 0 Å². The Morgan fingerprint density at radius 2 is 2.00 bits per heavy atom. The van der Waals surface area contributed by atoms with E-state index in [0.717, 1.165) is 79.5 Å². The fourth-order valence-electron chi connectivity index (χ4n) is 6.11. The molecule has 0 spiro atoms. The van der Waals surface area contributed by atoms with Crippen molar-refractivity contribution >= 4 is 11.8 Å². The second-order valence-corrected chi connectivity index (χ2v) is 11.7. The van der Waals surface area contributed by atoms with Crippen LogP contribution in [0.4, 0.5) is 0 Å². The molecule has 2 aliphatic heterocycles. The minimum absolute atomic E-state index is 0.0120. The van der Waals surface area contributed by atoms with Crippen molar-refractivity contribution in [2.45, 2.75) is 71.9 Å². The van der Waals surface area contributed by atoms with Gasteiger partial charge in [-0.05, 0) is 50.5 Å². The minimum Gasteiger partial charge on any atom is -0.492 e. The third-order valence-electron chi connectivity index (χ3n) is 8.41. The first-order valence-corrected chi connectivity index (χ1v) is 15.4. The molecule has 10 nitrogen and oxygen atoms in total. The summed E-state index contributed by atoms with van der Waals surface area (Å²) in [7, 11) is 0. The van der Waals surface area contributed by atoms with E-state index < -0.39 is 0 Å². The van der Waals surface area contributed by atoms with Crippen LogP contribution in [-0.4, -0.2) is 80.7 Å². The van der Waals surface area contributed by atoms with E-state index in [1.807, 2.05) is 60.0 Å². The zero-order valence-electron chi connectivity index (χ0n) is 25.3. The highest BCUT2D eigenvalue weighted by Gasteiger charge is 2.40. The maximum Gasteiger partial charge on any atom is 0.225 e. The molecule has 10 heteroatoms. The highest BCUT2D eigenvalue weighted by Crippen LogP contribution is 2.35. The lowest BCUT2D eigenvalue weighted by molar-refractivity contribution is -0.131. The number of carbonyl (C=O) groups excluding carboxylic acids is 2. The molecule has 0 aliphatic carbocycles. The van der Waals surface area contributed by atoms with Crippen molar-refractivity contribution in [1.82, 2.24) is 34.9 Å². The molecule has 2 N–H and O–H groups in total. The molecule has 2 bridgehead atoms. The summed E-state index contributed by atoms with van der Waals surface area (Å²) in [6, 6.07) is 10.1. The van der Waals surface area contributed by atoms with Crippen molar-refractivity contribution in [3.05, 3.63) is 65.0 Å². The minimum atomic E-state index is -0.302. The number of fused-ring (bicyclic) bond motifs is 4. The summed E-state index contributed by atoms with van der Waals surface area (Å²) < 4.78 is 8.09. The second-order valence-electron chi connectivity index (χ2n) is 11.7. The van der Waals surface area contributed by atoms with Gasteiger partial charge in [-0.2, -0.15) is 5.10 Å². The van der Waals surface area contributed by atoms with E-state index in [1.54, 1.807) is 0 Å². The second kappa shape index (κ2) is 14.0. The Bertz CT molecular complexity index is 1350. The molecule has 0 radical (unpaired) electrons. The first-order chi connectivity index (χ1) is 20.4. The van der Waals surface area contributed by atoms with Gasteiger partial charge >= 0.3 is 0 Å². The molecule has 3 aromatic rings. The van der Waals surface area contributed by atoms with E-state index in [4.69, 9.17) is 4.74 Å². The van der Waals surface area contributed by atoms with Gasteiger partial charge in [-0.25, -0.2) is 4.98 Å². The number of unbranched alkanes of at least 4 members (excludes halogenated alkanes) is 1. The standard InChI is InChI=1S/C32H45N7O3/c1-4-5-10-30-34-19-26(35-30)20-37-13-7-12-33-32(41)29-22-38(31(40)11-14-39-24(3)17-23(2)36-39)21-28(29)25-8-6-9-27(18-25)42-16-15-37/h6,8-9,17-19,28-29H,4-5,7,10-16,20-22H2,1-3H3,(H,33,41)(H,34,35)/t28-,29+/m1/s1. The fourth-order valence-corrected chi connectivity index (χ4v) is 6.11. The Hall–Kier alpha value is -3.66. The lowest BCUT2D eigenvalue weighted by Crippen LogP contribution is -2.37. The van der Waals surface area contributed by atoms with Crippen LogP contribution in [0.25, 0.3) is 0 Å². The number of hydrogen-bond acceptors (Lipinski definition) is 6. The molecule has 1 saturated heterocycles. The van der Waals surface area contributed by atoms with E-state index in [2.05, 4.69) is 32.2 Å². The quantitative estimate of drug-likeness (QED) is 0.425. The molecule has 0 saturated carbocycles. The van der Waals surface area contributed by atoms with Crippen LogP contribution < -0.4 is 10.1 Å². The number of H-pyrrole nitrogens is 1. The van der Waals surface area contributed by atoms with E-state index in [0.29, 0.717) is 39.2 Å². The Morgan fingerprint density at radius 3 is 2.81 bits per heavy atom. The molecule has 2 aromatic heterocycles. The van der Waals surface area contributed by atoms with Crippen molar-refractivity contribution in [2.75, 3.05) is 39.3 Å². The fraction of sp³-hybridized carbons (Fsp3) is 0.562. The number of likely N-dealkylation sites (tertiary alicyclic amines) is 1. The number of hydrogen-bond donors (Lipinski definition) is 2. The molecule has 2 atom stereocenters. The number of benzene rings is 1. The van der Waals surface area contributed by atoms with Crippen molar-refractivity contribution in [3.8, 4) is 5.75 Å². The highest BCUT2D eigenvalue weighted by molar-refractivity contribution is 5.83. The predicted octanol–water partition coefficient (Wildman–Crippen LogP) is 3.60. The third kappa shape index (κ3) is 7.59. The Balaban J connectivity index is 1.24. The molecule has 42 heavy (non-hydrogen) atoms. The summed E-state index contributed by atoms with van der Waals surface area (Å²) in [5, 5.41) is 7.67. The smallest absolute Gasteiger partial charge is 0.225 e. The molecular weight excluding hydrogens is 530 g/mol. The van der Waals surface area contributed by atoms with Gasteiger partial charge < -0.3 is 19.9 Å². The van der Waals surface area contributed by atoms with Crippen molar-refractivity contribution in [1.29, 1.82) is 0 Å². The van der Waals surface area contributed by atoms with Gasteiger partial charge in [0.1, 0.15) is 18.2 Å². The monoisotopic (exact) mass is 575 g/mol. The van der Waals surface area contributed by atoms with Gasteiger partial charge in [0.25, 0.3) is 0 Å². The van der Waals surface area contributed by atoms with Crippen LogP contribution in [-0.2, 0) is 29.1 Å². The molecule has 0 unspecified atom stereocenters. The molecule has 226 valence electrons. The first kappa shape index (κ1) is 29.8. The van der Waals surface area contributed by atoms with Gasteiger partial charge in [-0.15, -0.1) is 0 Å². The Morgan fingerprint density at radius 1 is 1.14 bits per heavy atom.